The van der Waals surface area contributed by atoms with E-state index in [4.69, 9.17) is 18.9 Å². The third-order valence-electron chi connectivity index (χ3n) is 7.42. The van der Waals surface area contributed by atoms with Gasteiger partial charge in [0.2, 0.25) is 11.7 Å². The minimum atomic E-state index is -0.677. The lowest BCUT2D eigenvalue weighted by molar-refractivity contribution is -0.152. The van der Waals surface area contributed by atoms with Crippen molar-refractivity contribution in [3.8, 4) is 34.5 Å². The second-order valence-electron chi connectivity index (χ2n) is 12.0. The number of pyridine rings is 2. The van der Waals surface area contributed by atoms with Gasteiger partial charge in [-0.1, -0.05) is 49.5 Å². The average Bonchev–Trinajstić information content (AvgIpc) is 3.71. The van der Waals surface area contributed by atoms with Crippen molar-refractivity contribution < 1.29 is 23.7 Å². The molecule has 0 saturated heterocycles. The summed E-state index contributed by atoms with van der Waals surface area (Å²) in [6.07, 6.45) is 5.01. The Morgan fingerprint density at radius 1 is 1.07 bits per heavy atom. The molecular formula is C33H41N5O5Si. The van der Waals surface area contributed by atoms with Gasteiger partial charge >= 0.3 is 12.0 Å². The molecule has 0 bridgehead atoms. The number of aromatic nitrogens is 5. The number of rotatable bonds is 15. The summed E-state index contributed by atoms with van der Waals surface area (Å²) >= 11 is 0. The molecule has 232 valence electrons. The molecule has 11 heteroatoms. The van der Waals surface area contributed by atoms with Crippen LogP contribution in [0.2, 0.25) is 19.1 Å². The van der Waals surface area contributed by atoms with Crippen LogP contribution < -0.4 is 9.47 Å². The Morgan fingerprint density at radius 2 is 1.86 bits per heavy atom. The predicted octanol–water partition coefficient (Wildman–Crippen LogP) is 5.86. The molecule has 0 N–H and O–H groups in total. The summed E-state index contributed by atoms with van der Waals surface area (Å²) in [4.78, 5) is 26.5. The normalized spacial score (nSPS) is 13.7. The van der Waals surface area contributed by atoms with Gasteiger partial charge in [-0.15, -0.1) is 5.10 Å². The lowest BCUT2D eigenvalue weighted by Gasteiger charge is -2.16. The molecule has 3 aromatic heterocycles. The molecule has 0 amide bonds. The van der Waals surface area contributed by atoms with Crippen LogP contribution in [0.3, 0.4) is 0 Å². The summed E-state index contributed by atoms with van der Waals surface area (Å²) in [6.45, 7) is 12.0. The maximum atomic E-state index is 12.8. The summed E-state index contributed by atoms with van der Waals surface area (Å²) in [5, 5.41) is 4.61. The first-order valence-electron chi connectivity index (χ1n) is 15.2. The average molecular weight is 616 g/mol. The molecule has 1 saturated carbocycles. The van der Waals surface area contributed by atoms with E-state index in [0.29, 0.717) is 30.0 Å². The van der Waals surface area contributed by atoms with Crippen LogP contribution in [-0.2, 0) is 27.6 Å². The highest BCUT2D eigenvalue weighted by atomic mass is 28.3. The summed E-state index contributed by atoms with van der Waals surface area (Å²) in [6, 6.07) is 17.0. The third-order valence-corrected chi connectivity index (χ3v) is 8.81. The Balaban J connectivity index is 1.20. The minimum Gasteiger partial charge on any atom is -0.476 e. The molecule has 5 rings (SSSR count). The van der Waals surface area contributed by atoms with Gasteiger partial charge in [-0.2, -0.15) is 9.67 Å². The zero-order valence-electron chi connectivity index (χ0n) is 26.2. The first-order valence-corrected chi connectivity index (χ1v) is 18.3. The summed E-state index contributed by atoms with van der Waals surface area (Å²) < 4.78 is 24.9. The number of aryl methyl sites for hydroxylation is 1. The van der Waals surface area contributed by atoms with Gasteiger partial charge in [0, 0.05) is 45.0 Å². The lowest BCUT2D eigenvalue weighted by atomic mass is 10.0. The first kappa shape index (κ1) is 31.3. The molecule has 0 spiro atoms. The molecule has 0 atom stereocenters. The summed E-state index contributed by atoms with van der Waals surface area (Å²) in [5.41, 5.74) is 3.84. The van der Waals surface area contributed by atoms with E-state index in [1.54, 1.807) is 17.1 Å². The zero-order chi connectivity index (χ0) is 31.1. The Kier molecular flexibility index (Phi) is 10.1. The van der Waals surface area contributed by atoms with Crippen LogP contribution in [0.25, 0.3) is 22.6 Å². The second kappa shape index (κ2) is 14.1. The standard InChI is InChI=1S/C33H41N5O5Si/c1-23(2)43-32-36-30(37-38(32)22-40-15-16-44(4)5)28-12-11-26(18-34-28)27-19-35-29(17-24(27)3)42-21-33(13-14-33)31(39)41-20-25-9-7-6-8-10-25/h6-12,17-19,23,44H,13-16,20-22H2,1-5H3. The van der Waals surface area contributed by atoms with E-state index >= 15 is 0 Å². The largest absolute Gasteiger partial charge is 0.476 e. The highest BCUT2D eigenvalue weighted by Gasteiger charge is 2.52. The van der Waals surface area contributed by atoms with Crippen molar-refractivity contribution in [3.05, 3.63) is 72.1 Å². The van der Waals surface area contributed by atoms with Crippen LogP contribution in [0.1, 0.15) is 37.8 Å². The molecule has 1 aromatic carbocycles. The molecule has 0 radical (unpaired) electrons. The molecule has 0 aliphatic heterocycles. The van der Waals surface area contributed by atoms with Gasteiger partial charge in [0.15, 0.2) is 0 Å². The fourth-order valence-corrected chi connectivity index (χ4v) is 5.17. The molecule has 1 fully saturated rings. The van der Waals surface area contributed by atoms with Crippen molar-refractivity contribution in [1.82, 2.24) is 24.7 Å². The van der Waals surface area contributed by atoms with Crippen molar-refractivity contribution in [3.63, 3.8) is 0 Å². The number of carbonyl (C=O) groups is 1. The first-order chi connectivity index (χ1) is 21.2. The van der Waals surface area contributed by atoms with Crippen molar-refractivity contribution in [2.24, 2.45) is 5.41 Å². The SMILES string of the molecule is Cc1cc(OCC2(C(=O)OCc3ccccc3)CC2)ncc1-c1ccc(-c2nc(OC(C)C)n(COCC[SiH](C)C)n2)nc1. The molecule has 10 nitrogen and oxygen atoms in total. The molecule has 0 unspecified atom stereocenters. The Bertz CT molecular complexity index is 1540. The quantitative estimate of drug-likeness (QED) is 0.0922. The van der Waals surface area contributed by atoms with E-state index in [2.05, 4.69) is 33.1 Å². The van der Waals surface area contributed by atoms with Crippen LogP contribution >= 0.6 is 0 Å². The van der Waals surface area contributed by atoms with E-state index in [0.717, 1.165) is 41.1 Å². The van der Waals surface area contributed by atoms with Crippen molar-refractivity contribution in [1.29, 1.82) is 0 Å². The molecule has 3 heterocycles. The fourth-order valence-electron chi connectivity index (χ4n) is 4.53. The van der Waals surface area contributed by atoms with Crippen LogP contribution in [-0.4, -0.2) is 58.8 Å². The number of benzene rings is 1. The summed E-state index contributed by atoms with van der Waals surface area (Å²) in [7, 11) is -0.677. The van der Waals surface area contributed by atoms with Gasteiger partial charge in [0.1, 0.15) is 31.1 Å². The third kappa shape index (κ3) is 8.09. The van der Waals surface area contributed by atoms with Gasteiger partial charge in [-0.05, 0) is 56.9 Å². The second-order valence-corrected chi connectivity index (χ2v) is 15.4. The van der Waals surface area contributed by atoms with Gasteiger partial charge in [0.25, 0.3) is 0 Å². The maximum absolute atomic E-state index is 12.8. The fraction of sp³-hybridized carbons (Fsp3) is 0.424. The zero-order valence-corrected chi connectivity index (χ0v) is 27.3. The Morgan fingerprint density at radius 3 is 2.52 bits per heavy atom. The van der Waals surface area contributed by atoms with Gasteiger partial charge < -0.3 is 18.9 Å². The van der Waals surface area contributed by atoms with E-state index < -0.39 is 14.2 Å². The Labute approximate surface area is 260 Å². The highest BCUT2D eigenvalue weighted by Crippen LogP contribution is 2.47. The van der Waals surface area contributed by atoms with Crippen LogP contribution in [0.5, 0.6) is 11.9 Å². The van der Waals surface area contributed by atoms with E-state index in [-0.39, 0.29) is 32.0 Å². The number of nitrogens with zero attached hydrogens (tertiary/aromatic N) is 5. The van der Waals surface area contributed by atoms with Crippen molar-refractivity contribution in [2.75, 3.05) is 13.2 Å². The lowest BCUT2D eigenvalue weighted by Crippen LogP contribution is -2.26. The van der Waals surface area contributed by atoms with Crippen molar-refractivity contribution in [2.45, 2.75) is 72.2 Å². The van der Waals surface area contributed by atoms with Crippen LogP contribution in [0, 0.1) is 12.3 Å². The van der Waals surface area contributed by atoms with Crippen LogP contribution in [0.15, 0.2) is 60.9 Å². The van der Waals surface area contributed by atoms with E-state index in [9.17, 15) is 4.79 Å². The number of esters is 1. The number of hydrogen-bond acceptors (Lipinski definition) is 9. The monoisotopic (exact) mass is 615 g/mol. The van der Waals surface area contributed by atoms with Crippen molar-refractivity contribution >= 4 is 14.8 Å². The van der Waals surface area contributed by atoms with Crippen LogP contribution in [0.4, 0.5) is 0 Å². The number of ether oxygens (including phenoxy) is 4. The molecule has 44 heavy (non-hydrogen) atoms. The smallest absolute Gasteiger partial charge is 0.317 e. The maximum Gasteiger partial charge on any atom is 0.317 e. The minimum absolute atomic E-state index is 0.0464. The molecule has 1 aliphatic rings. The molecular weight excluding hydrogens is 574 g/mol. The highest BCUT2D eigenvalue weighted by molar-refractivity contribution is 6.55. The van der Waals surface area contributed by atoms with Gasteiger partial charge in [0.05, 0.1) is 6.10 Å². The summed E-state index contributed by atoms with van der Waals surface area (Å²) in [5.74, 6) is 0.732. The molecule has 4 aromatic rings. The number of carbonyl (C=O) groups excluding carboxylic acids is 1. The Hall–Kier alpha value is -4.09. The topological polar surface area (TPSA) is 110 Å². The predicted molar refractivity (Wildman–Crippen MR) is 170 cm³/mol. The van der Waals surface area contributed by atoms with Gasteiger partial charge in [-0.3, -0.25) is 9.78 Å². The van der Waals surface area contributed by atoms with E-state index in [1.807, 2.05) is 69.3 Å². The molecule has 1 aliphatic carbocycles. The van der Waals surface area contributed by atoms with E-state index in [1.165, 1.54) is 0 Å². The van der Waals surface area contributed by atoms with Gasteiger partial charge in [-0.25, -0.2) is 4.98 Å². The number of hydrogen-bond donors (Lipinski definition) is 0.